The van der Waals surface area contributed by atoms with E-state index in [1.807, 2.05) is 6.92 Å². The lowest BCUT2D eigenvalue weighted by atomic mass is 10.1. The van der Waals surface area contributed by atoms with E-state index in [0.29, 0.717) is 0 Å². The van der Waals surface area contributed by atoms with Crippen LogP contribution in [0.15, 0.2) is 47.1 Å². The van der Waals surface area contributed by atoms with Crippen LogP contribution in [0.25, 0.3) is 0 Å². The first-order valence-corrected chi connectivity index (χ1v) is 5.64. The van der Waals surface area contributed by atoms with Crippen LogP contribution in [0.4, 0.5) is 0 Å². The minimum Gasteiger partial charge on any atom is -0.0959 e. The number of hydrogen-bond donors (Lipinski definition) is 0. The third-order valence-electron chi connectivity index (χ3n) is 2.80. The van der Waals surface area contributed by atoms with E-state index < -0.39 is 0 Å². The molecule has 84 valence electrons. The molecule has 0 rings (SSSR count). The Balaban J connectivity index is 4.24. The second kappa shape index (κ2) is 7.28. The van der Waals surface area contributed by atoms with Crippen LogP contribution >= 0.6 is 0 Å². The lowest BCUT2D eigenvalue weighted by Crippen LogP contribution is -1.78. The van der Waals surface area contributed by atoms with Crippen molar-refractivity contribution in [3.63, 3.8) is 0 Å². The molecule has 0 bridgehead atoms. The minimum atomic E-state index is 0.993. The highest BCUT2D eigenvalue weighted by molar-refractivity contribution is 5.26. The Labute approximate surface area is 95.1 Å². The van der Waals surface area contributed by atoms with Crippen LogP contribution in [-0.2, 0) is 0 Å². The van der Waals surface area contributed by atoms with Crippen molar-refractivity contribution >= 4 is 0 Å². The average Bonchev–Trinajstić information content (AvgIpc) is 2.22. The summed E-state index contributed by atoms with van der Waals surface area (Å²) in [5.41, 5.74) is 5.29. The lowest BCUT2D eigenvalue weighted by molar-refractivity contribution is 1.07. The smallest absolute Gasteiger partial charge is 0.0160 e. The van der Waals surface area contributed by atoms with E-state index in [1.54, 1.807) is 0 Å². The monoisotopic (exact) mass is 204 g/mol. The maximum Gasteiger partial charge on any atom is -0.0160 e. The molecule has 0 amide bonds. The third-order valence-corrected chi connectivity index (χ3v) is 2.80. The SMILES string of the molecule is C=C(C)C(C)=CCC=CC(C)=C(C)CC. The van der Waals surface area contributed by atoms with E-state index in [1.165, 1.54) is 16.7 Å². The molecule has 0 aromatic carbocycles. The molecule has 0 unspecified atom stereocenters. The van der Waals surface area contributed by atoms with E-state index in [4.69, 9.17) is 0 Å². The van der Waals surface area contributed by atoms with Crippen molar-refractivity contribution in [2.75, 3.05) is 0 Å². The molecule has 0 aromatic rings. The quantitative estimate of drug-likeness (QED) is 0.540. The molecule has 0 N–H and O–H groups in total. The summed E-state index contributed by atoms with van der Waals surface area (Å²) in [6, 6.07) is 0. The highest BCUT2D eigenvalue weighted by Crippen LogP contribution is 2.10. The van der Waals surface area contributed by atoms with E-state index in [-0.39, 0.29) is 0 Å². The van der Waals surface area contributed by atoms with Crippen molar-refractivity contribution in [1.82, 2.24) is 0 Å². The fourth-order valence-corrected chi connectivity index (χ4v) is 1.08. The van der Waals surface area contributed by atoms with Gasteiger partial charge in [0.2, 0.25) is 0 Å². The van der Waals surface area contributed by atoms with Crippen LogP contribution in [0.3, 0.4) is 0 Å². The first kappa shape index (κ1) is 14.0. The molecule has 0 saturated carbocycles. The van der Waals surface area contributed by atoms with Gasteiger partial charge >= 0.3 is 0 Å². The summed E-state index contributed by atoms with van der Waals surface area (Å²) in [6.45, 7) is 14.6. The first-order chi connectivity index (χ1) is 6.99. The van der Waals surface area contributed by atoms with Gasteiger partial charge in [0, 0.05) is 0 Å². The summed E-state index contributed by atoms with van der Waals surface area (Å²) in [4.78, 5) is 0. The molecule has 0 aliphatic rings. The topological polar surface area (TPSA) is 0 Å². The summed E-state index contributed by atoms with van der Waals surface area (Å²) in [5, 5.41) is 0. The predicted octanol–water partition coefficient (Wildman–Crippen LogP) is 5.20. The highest BCUT2D eigenvalue weighted by atomic mass is 14.0. The van der Waals surface area contributed by atoms with Gasteiger partial charge < -0.3 is 0 Å². The largest absolute Gasteiger partial charge is 0.0959 e. The van der Waals surface area contributed by atoms with Crippen molar-refractivity contribution in [1.29, 1.82) is 0 Å². The second-order valence-electron chi connectivity index (χ2n) is 4.12. The van der Waals surface area contributed by atoms with Gasteiger partial charge in [-0.15, -0.1) is 0 Å². The predicted molar refractivity (Wildman–Crippen MR) is 71.0 cm³/mol. The molecule has 0 fully saturated rings. The van der Waals surface area contributed by atoms with Gasteiger partial charge in [-0.2, -0.15) is 0 Å². The lowest BCUT2D eigenvalue weighted by Gasteiger charge is -1.99. The molecule has 0 aliphatic heterocycles. The van der Waals surface area contributed by atoms with Crippen LogP contribution in [0.5, 0.6) is 0 Å². The van der Waals surface area contributed by atoms with Gasteiger partial charge in [-0.3, -0.25) is 0 Å². The molecular weight excluding hydrogens is 180 g/mol. The normalized spacial score (nSPS) is 14.3. The molecule has 0 aliphatic carbocycles. The Morgan fingerprint density at radius 2 is 1.73 bits per heavy atom. The van der Waals surface area contributed by atoms with E-state index >= 15 is 0 Å². The van der Waals surface area contributed by atoms with E-state index in [9.17, 15) is 0 Å². The molecule has 0 heterocycles. The van der Waals surface area contributed by atoms with Crippen LogP contribution in [0.1, 0.15) is 47.5 Å². The zero-order valence-corrected chi connectivity index (χ0v) is 10.9. The number of hydrogen-bond acceptors (Lipinski definition) is 0. The van der Waals surface area contributed by atoms with Gasteiger partial charge in [-0.25, -0.2) is 0 Å². The molecule has 0 spiro atoms. The van der Waals surface area contributed by atoms with Crippen molar-refractivity contribution in [3.8, 4) is 0 Å². The Morgan fingerprint density at radius 3 is 2.20 bits per heavy atom. The van der Waals surface area contributed by atoms with Gasteiger partial charge in [0.15, 0.2) is 0 Å². The van der Waals surface area contributed by atoms with Crippen LogP contribution < -0.4 is 0 Å². The van der Waals surface area contributed by atoms with Gasteiger partial charge in [0.1, 0.15) is 0 Å². The summed E-state index contributed by atoms with van der Waals surface area (Å²) in [5.74, 6) is 0. The zero-order valence-electron chi connectivity index (χ0n) is 10.9. The number of allylic oxidation sites excluding steroid dienone is 7. The van der Waals surface area contributed by atoms with Gasteiger partial charge in [0.25, 0.3) is 0 Å². The van der Waals surface area contributed by atoms with Gasteiger partial charge in [-0.05, 0) is 40.5 Å². The van der Waals surface area contributed by atoms with Gasteiger partial charge in [0.05, 0.1) is 0 Å². The average molecular weight is 204 g/mol. The highest BCUT2D eigenvalue weighted by Gasteiger charge is 1.89. The molecule has 0 saturated heterocycles. The Morgan fingerprint density at radius 1 is 1.13 bits per heavy atom. The van der Waals surface area contributed by atoms with E-state index in [2.05, 4.69) is 52.5 Å². The molecule has 0 heteroatoms. The maximum atomic E-state index is 3.91. The molecule has 0 aromatic heterocycles. The minimum absolute atomic E-state index is 0.993. The molecular formula is C15H24. The fourth-order valence-electron chi connectivity index (χ4n) is 1.08. The van der Waals surface area contributed by atoms with Crippen LogP contribution in [0, 0.1) is 0 Å². The zero-order chi connectivity index (χ0) is 11.8. The standard InChI is InChI=1S/C15H24/c1-7-13(4)15(6)11-9-8-10-14(5)12(2)3/h9-11H,2,7-8H2,1,3-6H3. The Hall–Kier alpha value is -1.04. The summed E-state index contributed by atoms with van der Waals surface area (Å²) in [7, 11) is 0. The van der Waals surface area contributed by atoms with Crippen LogP contribution in [-0.4, -0.2) is 0 Å². The first-order valence-electron chi connectivity index (χ1n) is 5.64. The Bertz CT molecular complexity index is 298. The molecule has 0 radical (unpaired) electrons. The number of rotatable bonds is 5. The second-order valence-corrected chi connectivity index (χ2v) is 4.12. The van der Waals surface area contributed by atoms with E-state index in [0.717, 1.165) is 18.4 Å². The van der Waals surface area contributed by atoms with Crippen molar-refractivity contribution < 1.29 is 0 Å². The summed E-state index contributed by atoms with van der Waals surface area (Å²) in [6.07, 6.45) is 8.76. The summed E-state index contributed by atoms with van der Waals surface area (Å²) >= 11 is 0. The summed E-state index contributed by atoms with van der Waals surface area (Å²) < 4.78 is 0. The van der Waals surface area contributed by atoms with Crippen molar-refractivity contribution in [2.24, 2.45) is 0 Å². The van der Waals surface area contributed by atoms with Crippen LogP contribution in [0.2, 0.25) is 0 Å². The maximum absolute atomic E-state index is 3.91. The van der Waals surface area contributed by atoms with Crippen molar-refractivity contribution in [2.45, 2.75) is 47.5 Å². The van der Waals surface area contributed by atoms with Gasteiger partial charge in [-0.1, -0.05) is 54.0 Å². The molecule has 0 nitrogen and oxygen atoms in total. The van der Waals surface area contributed by atoms with Crippen molar-refractivity contribution in [3.05, 3.63) is 47.1 Å². The molecule has 15 heavy (non-hydrogen) atoms. The fraction of sp³-hybridized carbons (Fsp3) is 0.467. The third kappa shape index (κ3) is 6.11. The molecule has 0 atom stereocenters. The Kier molecular flexibility index (Phi) is 6.77.